The number of nitrogens with zero attached hydrogens (tertiary/aromatic N) is 2. The Labute approximate surface area is 200 Å². The van der Waals surface area contributed by atoms with Crippen LogP contribution in [0.5, 0.6) is 0 Å². The zero-order chi connectivity index (χ0) is 23.9. The van der Waals surface area contributed by atoms with Crippen LogP contribution in [-0.4, -0.2) is 31.9 Å². The number of rotatable bonds is 7. The minimum Gasteiger partial charge on any atom is -0.355 e. The molecule has 1 aromatic carbocycles. The molecule has 0 aliphatic carbocycles. The smallest absolute Gasteiger partial charge is 0.263 e. The zero-order valence-corrected chi connectivity index (χ0v) is 20.9. The Morgan fingerprint density at radius 3 is 2.42 bits per heavy atom. The van der Waals surface area contributed by atoms with E-state index >= 15 is 0 Å². The molecule has 0 bridgehead atoms. The van der Waals surface area contributed by atoms with Gasteiger partial charge in [-0.1, -0.05) is 42.1 Å². The van der Waals surface area contributed by atoms with E-state index in [0.717, 1.165) is 16.0 Å². The molecule has 3 aromatic heterocycles. The van der Waals surface area contributed by atoms with Gasteiger partial charge in [0.15, 0.2) is 16.7 Å². The summed E-state index contributed by atoms with van der Waals surface area (Å²) in [5.74, 6) is -0.0961. The first-order valence-corrected chi connectivity index (χ1v) is 12.4. The largest absolute Gasteiger partial charge is 0.355 e. The molecule has 170 valence electrons. The molecule has 8 heteroatoms. The molecule has 0 saturated heterocycles. The lowest BCUT2D eigenvalue weighted by Gasteiger charge is -2.12. The number of fused-ring (bicyclic) bond motifs is 1. The van der Waals surface area contributed by atoms with Crippen molar-refractivity contribution >= 4 is 44.9 Å². The molecule has 0 spiro atoms. The van der Waals surface area contributed by atoms with E-state index in [-0.39, 0.29) is 22.9 Å². The summed E-state index contributed by atoms with van der Waals surface area (Å²) in [4.78, 5) is 48.0. The van der Waals surface area contributed by atoms with Crippen LogP contribution in [0.2, 0.25) is 0 Å². The molecule has 0 aliphatic heterocycles. The summed E-state index contributed by atoms with van der Waals surface area (Å²) in [6.07, 6.45) is 0. The van der Waals surface area contributed by atoms with Gasteiger partial charge >= 0.3 is 0 Å². The standard InChI is InChI=1S/C25H25N3O3S2/c1-13-17(5)33-23-21(13)24(31)28(11-18-9-7-6-8-10-18)25(27-23)32-12-19(30)22-14(2)20(16(4)29)15(3)26-22/h6-10,26H,11-12H2,1-5H3. The molecular weight excluding hydrogens is 454 g/mol. The van der Waals surface area contributed by atoms with Crippen molar-refractivity contribution in [3.8, 4) is 0 Å². The number of aromatic nitrogens is 3. The molecule has 3 heterocycles. The summed E-state index contributed by atoms with van der Waals surface area (Å²) in [5, 5.41) is 1.16. The fraction of sp³-hybridized carbons (Fsp3) is 0.280. The van der Waals surface area contributed by atoms with Crippen molar-refractivity contribution in [1.29, 1.82) is 0 Å². The Kier molecular flexibility index (Phi) is 6.41. The highest BCUT2D eigenvalue weighted by Gasteiger charge is 2.22. The molecule has 0 amide bonds. The summed E-state index contributed by atoms with van der Waals surface area (Å²) < 4.78 is 1.66. The lowest BCUT2D eigenvalue weighted by atomic mass is 10.1. The molecule has 4 rings (SSSR count). The lowest BCUT2D eigenvalue weighted by molar-refractivity contribution is 0.101. The molecule has 0 atom stereocenters. The number of aryl methyl sites for hydroxylation is 3. The van der Waals surface area contributed by atoms with Crippen molar-refractivity contribution in [2.24, 2.45) is 0 Å². The number of thiophene rings is 1. The Balaban J connectivity index is 1.72. The maximum absolute atomic E-state index is 13.5. The van der Waals surface area contributed by atoms with E-state index in [2.05, 4.69) is 4.98 Å². The van der Waals surface area contributed by atoms with Crippen LogP contribution in [-0.2, 0) is 6.54 Å². The van der Waals surface area contributed by atoms with Crippen LogP contribution in [0.3, 0.4) is 0 Å². The zero-order valence-electron chi connectivity index (χ0n) is 19.2. The van der Waals surface area contributed by atoms with E-state index in [1.807, 2.05) is 44.2 Å². The molecule has 4 aromatic rings. The van der Waals surface area contributed by atoms with Crippen molar-refractivity contribution in [2.75, 3.05) is 5.75 Å². The second kappa shape index (κ2) is 9.11. The maximum atomic E-state index is 13.5. The van der Waals surface area contributed by atoms with E-state index in [1.54, 1.807) is 18.4 Å². The highest BCUT2D eigenvalue weighted by atomic mass is 32.2. The van der Waals surface area contributed by atoms with Gasteiger partial charge in [0.2, 0.25) is 0 Å². The second-order valence-electron chi connectivity index (χ2n) is 8.13. The van der Waals surface area contributed by atoms with E-state index in [1.165, 1.54) is 30.0 Å². The molecule has 0 fully saturated rings. The number of thioether (sulfide) groups is 1. The van der Waals surface area contributed by atoms with Crippen LogP contribution in [0.1, 0.15) is 55.0 Å². The van der Waals surface area contributed by atoms with Crippen molar-refractivity contribution in [3.63, 3.8) is 0 Å². The maximum Gasteiger partial charge on any atom is 0.263 e. The number of carbonyl (C=O) groups is 2. The first kappa shape index (κ1) is 23.2. The minimum atomic E-state index is -0.132. The third kappa shape index (κ3) is 4.32. The Hall–Kier alpha value is -2.97. The van der Waals surface area contributed by atoms with Gasteiger partial charge in [-0.05, 0) is 51.3 Å². The van der Waals surface area contributed by atoms with E-state index in [4.69, 9.17) is 4.98 Å². The number of H-pyrrole nitrogens is 1. The first-order valence-electron chi connectivity index (χ1n) is 10.6. The number of benzene rings is 1. The third-order valence-corrected chi connectivity index (χ3v) is 7.92. The van der Waals surface area contributed by atoms with Crippen molar-refractivity contribution in [1.82, 2.24) is 14.5 Å². The molecule has 0 radical (unpaired) electrons. The van der Waals surface area contributed by atoms with Crippen LogP contribution in [0.25, 0.3) is 10.2 Å². The summed E-state index contributed by atoms with van der Waals surface area (Å²) >= 11 is 2.75. The molecule has 33 heavy (non-hydrogen) atoms. The lowest BCUT2D eigenvalue weighted by Crippen LogP contribution is -2.24. The monoisotopic (exact) mass is 479 g/mol. The predicted octanol–water partition coefficient (Wildman–Crippen LogP) is 5.25. The molecule has 6 nitrogen and oxygen atoms in total. The van der Waals surface area contributed by atoms with E-state index < -0.39 is 0 Å². The van der Waals surface area contributed by atoms with Gasteiger partial charge in [0, 0.05) is 16.1 Å². The van der Waals surface area contributed by atoms with Gasteiger partial charge in [0.25, 0.3) is 5.56 Å². The number of hydrogen-bond acceptors (Lipinski definition) is 6. The number of ketones is 2. The van der Waals surface area contributed by atoms with Crippen LogP contribution in [0, 0.1) is 27.7 Å². The van der Waals surface area contributed by atoms with E-state index in [9.17, 15) is 14.4 Å². The fourth-order valence-corrected chi connectivity index (χ4v) is 6.02. The molecule has 0 saturated carbocycles. The molecule has 0 unspecified atom stereocenters. The molecular formula is C25H25N3O3S2. The highest BCUT2D eigenvalue weighted by Crippen LogP contribution is 2.29. The fourth-order valence-electron chi connectivity index (χ4n) is 4.08. The normalized spacial score (nSPS) is 11.3. The quantitative estimate of drug-likeness (QED) is 0.222. The predicted molar refractivity (Wildman–Crippen MR) is 134 cm³/mol. The van der Waals surface area contributed by atoms with Gasteiger partial charge in [-0.25, -0.2) is 4.98 Å². The third-order valence-electron chi connectivity index (χ3n) is 5.84. The van der Waals surface area contributed by atoms with Crippen LogP contribution in [0.15, 0.2) is 40.3 Å². The van der Waals surface area contributed by atoms with Gasteiger partial charge in [-0.2, -0.15) is 0 Å². The van der Waals surface area contributed by atoms with Gasteiger partial charge in [-0.3, -0.25) is 19.0 Å². The average Bonchev–Trinajstić information content (AvgIpc) is 3.24. The van der Waals surface area contributed by atoms with Gasteiger partial charge < -0.3 is 4.98 Å². The van der Waals surface area contributed by atoms with Crippen LogP contribution in [0.4, 0.5) is 0 Å². The number of hydrogen-bond donors (Lipinski definition) is 1. The van der Waals surface area contributed by atoms with E-state index in [0.29, 0.717) is 44.4 Å². The number of aromatic amines is 1. The minimum absolute atomic E-state index is 0.0693. The van der Waals surface area contributed by atoms with Crippen molar-refractivity contribution in [3.05, 3.63) is 79.2 Å². The summed E-state index contributed by atoms with van der Waals surface area (Å²) in [7, 11) is 0. The summed E-state index contributed by atoms with van der Waals surface area (Å²) in [5.41, 5.74) is 4.21. The molecule has 0 aliphatic rings. The molecule has 1 N–H and O–H groups in total. The Bertz CT molecular complexity index is 1450. The topological polar surface area (TPSA) is 84.8 Å². The highest BCUT2D eigenvalue weighted by molar-refractivity contribution is 7.99. The number of nitrogens with one attached hydrogen (secondary N) is 1. The van der Waals surface area contributed by atoms with Crippen LogP contribution >= 0.6 is 23.1 Å². The summed E-state index contributed by atoms with van der Waals surface area (Å²) in [6.45, 7) is 9.39. The summed E-state index contributed by atoms with van der Waals surface area (Å²) in [6, 6.07) is 9.74. The second-order valence-corrected chi connectivity index (χ2v) is 10.3. The van der Waals surface area contributed by atoms with Crippen molar-refractivity contribution < 1.29 is 9.59 Å². The number of carbonyl (C=O) groups excluding carboxylic acids is 2. The first-order chi connectivity index (χ1) is 15.7. The van der Waals surface area contributed by atoms with Crippen LogP contribution < -0.4 is 5.56 Å². The SMILES string of the molecule is CC(=O)c1c(C)[nH]c(C(=O)CSc2nc3sc(C)c(C)c3c(=O)n2Cc2ccccc2)c1C. The van der Waals surface area contributed by atoms with Gasteiger partial charge in [-0.15, -0.1) is 11.3 Å². The Morgan fingerprint density at radius 1 is 1.09 bits per heavy atom. The average molecular weight is 480 g/mol. The number of Topliss-reactive ketones (excluding diaryl/α,β-unsaturated/α-hetero) is 2. The Morgan fingerprint density at radius 2 is 1.79 bits per heavy atom. The van der Waals surface area contributed by atoms with Gasteiger partial charge in [0.1, 0.15) is 4.83 Å². The van der Waals surface area contributed by atoms with Gasteiger partial charge in [0.05, 0.1) is 23.4 Å². The van der Waals surface area contributed by atoms with Crippen molar-refractivity contribution in [2.45, 2.75) is 46.3 Å².